The summed E-state index contributed by atoms with van der Waals surface area (Å²) in [6.45, 7) is 3.28. The highest BCUT2D eigenvalue weighted by molar-refractivity contribution is 9.10. The first kappa shape index (κ1) is 19.0. The Kier molecular flexibility index (Phi) is 5.67. The average Bonchev–Trinajstić information content (AvgIpc) is 3.03. The maximum atomic E-state index is 6.05. The van der Waals surface area contributed by atoms with Crippen LogP contribution in [0.2, 0.25) is 0 Å². The van der Waals surface area contributed by atoms with Gasteiger partial charge in [-0.2, -0.15) is 0 Å². The zero-order valence-corrected chi connectivity index (χ0v) is 17.5. The number of hydrogen-bond donors (Lipinski definition) is 0. The van der Waals surface area contributed by atoms with E-state index in [0.29, 0.717) is 13.2 Å². The third kappa shape index (κ3) is 3.53. The van der Waals surface area contributed by atoms with E-state index in [4.69, 9.17) is 14.2 Å². The van der Waals surface area contributed by atoms with Gasteiger partial charge in [0.15, 0.2) is 12.5 Å². The van der Waals surface area contributed by atoms with Gasteiger partial charge in [-0.1, -0.05) is 36.4 Å². The van der Waals surface area contributed by atoms with Gasteiger partial charge in [-0.3, -0.25) is 0 Å². The number of benzene rings is 3. The molecule has 1 heterocycles. The number of halogens is 1. The summed E-state index contributed by atoms with van der Waals surface area (Å²) in [5.74, 6) is 0.759. The maximum absolute atomic E-state index is 6.05. The van der Waals surface area contributed by atoms with Gasteiger partial charge in [0, 0.05) is 17.9 Å². The van der Waals surface area contributed by atoms with E-state index in [9.17, 15) is 0 Å². The Hall–Kier alpha value is -2.34. The topological polar surface area (TPSA) is 32.6 Å². The molecule has 0 spiro atoms. The number of nitrogens with zero attached hydrogens (tertiary/aromatic N) is 1. The van der Waals surface area contributed by atoms with Crippen LogP contribution in [0.15, 0.2) is 65.1 Å². The van der Waals surface area contributed by atoms with Crippen LogP contribution in [0.5, 0.6) is 5.75 Å². The van der Waals surface area contributed by atoms with Gasteiger partial charge in [0.25, 0.3) is 0 Å². The molecule has 0 N–H and O–H groups in total. The number of aryl methyl sites for hydroxylation is 1. The fourth-order valence-electron chi connectivity index (χ4n) is 3.50. The van der Waals surface area contributed by atoms with Gasteiger partial charge in [0.1, 0.15) is 0 Å². The first-order valence-corrected chi connectivity index (χ1v) is 9.98. The van der Waals surface area contributed by atoms with Crippen LogP contribution in [0.3, 0.4) is 0 Å². The number of methoxy groups -OCH3 is 1. The third-order valence-corrected chi connectivity index (χ3v) is 5.30. The van der Waals surface area contributed by atoms with Gasteiger partial charge in [-0.05, 0) is 52.7 Å². The summed E-state index contributed by atoms with van der Waals surface area (Å²) in [5.41, 5.74) is 4.42. The van der Waals surface area contributed by atoms with Gasteiger partial charge in [-0.15, -0.1) is 0 Å². The van der Waals surface area contributed by atoms with Crippen LogP contribution in [0.25, 0.3) is 27.5 Å². The van der Waals surface area contributed by atoms with Crippen LogP contribution in [0.1, 0.15) is 5.56 Å². The molecule has 28 heavy (non-hydrogen) atoms. The average molecular weight is 440 g/mol. The second-order valence-electron chi connectivity index (χ2n) is 6.63. The highest BCUT2D eigenvalue weighted by Crippen LogP contribution is 2.39. The first-order valence-electron chi connectivity index (χ1n) is 9.19. The highest BCUT2D eigenvalue weighted by atomic mass is 79.9. The summed E-state index contributed by atoms with van der Waals surface area (Å²) in [6.07, 6.45) is 0. The highest BCUT2D eigenvalue weighted by Gasteiger charge is 2.17. The fraction of sp³-hybridized carbons (Fsp3) is 0.217. The van der Waals surface area contributed by atoms with Crippen LogP contribution in [-0.4, -0.2) is 31.7 Å². The van der Waals surface area contributed by atoms with Gasteiger partial charge >= 0.3 is 0 Å². The summed E-state index contributed by atoms with van der Waals surface area (Å²) in [5, 5.41) is 2.44. The van der Waals surface area contributed by atoms with E-state index >= 15 is 0 Å². The van der Waals surface area contributed by atoms with Crippen molar-refractivity contribution in [2.24, 2.45) is 0 Å². The van der Waals surface area contributed by atoms with Crippen molar-refractivity contribution in [2.45, 2.75) is 6.92 Å². The number of ether oxygens (including phenoxy) is 3. The standard InChI is InChI=1S/C23H22BrNO3/c1-16-13-19(24)23(28-15-27-12-11-26-2)22(14-16)25-20-9-5-3-7-17(20)18-8-4-6-10-21(18)25/h3-10,13-14H,11-12,15H2,1-2H3. The van der Waals surface area contributed by atoms with Gasteiger partial charge in [0.05, 0.1) is 34.4 Å². The first-order chi connectivity index (χ1) is 13.7. The van der Waals surface area contributed by atoms with Crippen molar-refractivity contribution in [2.75, 3.05) is 27.1 Å². The molecule has 0 bridgehead atoms. The summed E-state index contributed by atoms with van der Waals surface area (Å²) < 4.78 is 19.8. The molecule has 5 heteroatoms. The normalized spacial score (nSPS) is 11.4. The molecule has 0 amide bonds. The fourth-order valence-corrected chi connectivity index (χ4v) is 4.18. The van der Waals surface area contributed by atoms with Crippen LogP contribution in [-0.2, 0) is 9.47 Å². The molecule has 3 aromatic carbocycles. The Balaban J connectivity index is 1.87. The van der Waals surface area contributed by atoms with E-state index in [0.717, 1.165) is 32.5 Å². The van der Waals surface area contributed by atoms with Gasteiger partial charge < -0.3 is 18.8 Å². The Morgan fingerprint density at radius 3 is 2.18 bits per heavy atom. The molecule has 0 fully saturated rings. The quantitative estimate of drug-likeness (QED) is 0.267. The van der Waals surface area contributed by atoms with E-state index in [1.54, 1.807) is 7.11 Å². The van der Waals surface area contributed by atoms with Crippen LogP contribution in [0, 0.1) is 6.92 Å². The minimum Gasteiger partial charge on any atom is -0.464 e. The molecule has 0 radical (unpaired) electrons. The number of fused-ring (bicyclic) bond motifs is 3. The number of hydrogen-bond acceptors (Lipinski definition) is 3. The molecule has 0 aliphatic carbocycles. The predicted octanol–water partition coefficient (Wildman–Crippen LogP) is 5.85. The zero-order chi connectivity index (χ0) is 19.5. The maximum Gasteiger partial charge on any atom is 0.189 e. The van der Waals surface area contributed by atoms with Crippen molar-refractivity contribution >= 4 is 37.7 Å². The van der Waals surface area contributed by atoms with E-state index < -0.39 is 0 Å². The Labute approximate surface area is 172 Å². The van der Waals surface area contributed by atoms with E-state index in [-0.39, 0.29) is 6.79 Å². The minimum atomic E-state index is 0.162. The lowest BCUT2D eigenvalue weighted by atomic mass is 10.2. The zero-order valence-electron chi connectivity index (χ0n) is 15.9. The summed E-state index contributed by atoms with van der Waals surface area (Å²) in [7, 11) is 1.65. The molecule has 0 saturated carbocycles. The minimum absolute atomic E-state index is 0.162. The lowest BCUT2D eigenvalue weighted by Gasteiger charge is -2.17. The SMILES string of the molecule is COCCOCOc1c(Br)cc(C)cc1-n1c2ccccc2c2ccccc21. The molecule has 144 valence electrons. The van der Waals surface area contributed by atoms with Crippen molar-refractivity contribution in [3.8, 4) is 11.4 Å². The lowest BCUT2D eigenvalue weighted by Crippen LogP contribution is -2.10. The molecule has 0 aliphatic heterocycles. The summed E-state index contributed by atoms with van der Waals surface area (Å²) in [4.78, 5) is 0. The molecule has 4 aromatic rings. The smallest absolute Gasteiger partial charge is 0.189 e. The van der Waals surface area contributed by atoms with Crippen molar-refractivity contribution in [1.82, 2.24) is 4.57 Å². The molecule has 0 unspecified atom stereocenters. The summed E-state index contributed by atoms with van der Waals surface area (Å²) >= 11 is 3.68. The van der Waals surface area contributed by atoms with E-state index in [1.165, 1.54) is 10.8 Å². The predicted molar refractivity (Wildman–Crippen MR) is 117 cm³/mol. The summed E-state index contributed by atoms with van der Waals surface area (Å²) in [6, 6.07) is 21.1. The van der Waals surface area contributed by atoms with Crippen LogP contribution >= 0.6 is 15.9 Å². The second-order valence-corrected chi connectivity index (χ2v) is 7.48. The lowest BCUT2D eigenvalue weighted by molar-refractivity contribution is -0.00878. The molecular formula is C23H22BrNO3. The van der Waals surface area contributed by atoms with Crippen molar-refractivity contribution in [3.05, 3.63) is 70.7 Å². The van der Waals surface area contributed by atoms with Crippen LogP contribution in [0.4, 0.5) is 0 Å². The molecule has 4 rings (SSSR count). The Morgan fingerprint density at radius 1 is 0.893 bits per heavy atom. The van der Waals surface area contributed by atoms with Crippen LogP contribution < -0.4 is 4.74 Å². The van der Waals surface area contributed by atoms with E-state index in [2.05, 4.69) is 88.1 Å². The second kappa shape index (κ2) is 8.35. The van der Waals surface area contributed by atoms with Gasteiger partial charge in [0.2, 0.25) is 0 Å². The number of para-hydroxylation sites is 2. The number of aromatic nitrogens is 1. The van der Waals surface area contributed by atoms with Gasteiger partial charge in [-0.25, -0.2) is 0 Å². The molecule has 1 aromatic heterocycles. The Bertz CT molecular complexity index is 1070. The molecule has 0 atom stereocenters. The Morgan fingerprint density at radius 2 is 1.54 bits per heavy atom. The van der Waals surface area contributed by atoms with Crippen molar-refractivity contribution in [3.63, 3.8) is 0 Å². The molecule has 0 aliphatic rings. The van der Waals surface area contributed by atoms with Crippen molar-refractivity contribution in [1.29, 1.82) is 0 Å². The molecule has 0 saturated heterocycles. The molecule has 4 nitrogen and oxygen atoms in total. The van der Waals surface area contributed by atoms with Crippen molar-refractivity contribution < 1.29 is 14.2 Å². The largest absolute Gasteiger partial charge is 0.464 e. The monoisotopic (exact) mass is 439 g/mol. The molecular weight excluding hydrogens is 418 g/mol. The number of rotatable bonds is 7. The third-order valence-electron chi connectivity index (χ3n) is 4.71. The van der Waals surface area contributed by atoms with E-state index in [1.807, 2.05) is 0 Å².